The predicted molar refractivity (Wildman–Crippen MR) is 75.8 cm³/mol. The molecule has 0 heterocycles. The maximum absolute atomic E-state index is 5.02. The van der Waals surface area contributed by atoms with Crippen LogP contribution in [0.1, 0.15) is 39.0 Å². The van der Waals surface area contributed by atoms with Gasteiger partial charge in [0.2, 0.25) is 0 Å². The Kier molecular flexibility index (Phi) is 5.93. The van der Waals surface area contributed by atoms with Crippen LogP contribution in [0.4, 0.5) is 0 Å². The van der Waals surface area contributed by atoms with Crippen molar-refractivity contribution in [3.63, 3.8) is 0 Å². The normalized spacial score (nSPS) is 32.0. The highest BCUT2D eigenvalue weighted by Crippen LogP contribution is 2.49. The van der Waals surface area contributed by atoms with Crippen molar-refractivity contribution in [2.45, 2.75) is 45.1 Å². The van der Waals surface area contributed by atoms with Gasteiger partial charge < -0.3 is 15.4 Å². The lowest BCUT2D eigenvalue weighted by Gasteiger charge is -2.23. The number of methoxy groups -OCH3 is 1. The molecule has 2 aliphatic carbocycles. The molecule has 3 nitrogen and oxygen atoms in total. The first-order chi connectivity index (χ1) is 8.79. The van der Waals surface area contributed by atoms with Crippen LogP contribution in [0, 0.1) is 17.8 Å². The van der Waals surface area contributed by atoms with E-state index in [-0.39, 0.29) is 0 Å². The Labute approximate surface area is 112 Å². The third-order valence-electron chi connectivity index (χ3n) is 4.83. The summed E-state index contributed by atoms with van der Waals surface area (Å²) < 4.78 is 5.02. The highest BCUT2D eigenvalue weighted by molar-refractivity contribution is 4.90. The van der Waals surface area contributed by atoms with E-state index in [1.54, 1.807) is 13.5 Å². The van der Waals surface area contributed by atoms with Crippen molar-refractivity contribution in [2.75, 3.05) is 33.4 Å². The van der Waals surface area contributed by atoms with E-state index in [0.717, 1.165) is 37.5 Å². The third-order valence-corrected chi connectivity index (χ3v) is 4.83. The molecule has 0 radical (unpaired) electrons. The summed E-state index contributed by atoms with van der Waals surface area (Å²) >= 11 is 0. The standard InChI is InChI=1S/C15H30N2O/c1-12(11-16-7-8-18-2)17-6-5-15-10-13-3-4-14(15)9-13/h12-17H,3-11H2,1-2H3. The molecule has 4 unspecified atom stereocenters. The predicted octanol–water partition coefficient (Wildman–Crippen LogP) is 2.03. The van der Waals surface area contributed by atoms with Crippen molar-refractivity contribution >= 4 is 0 Å². The summed E-state index contributed by atoms with van der Waals surface area (Å²) in [5.74, 6) is 3.20. The minimum atomic E-state index is 0.570. The van der Waals surface area contributed by atoms with Crippen molar-refractivity contribution in [1.82, 2.24) is 10.6 Å². The Bertz CT molecular complexity index is 235. The molecule has 2 saturated carbocycles. The maximum Gasteiger partial charge on any atom is 0.0587 e. The maximum atomic E-state index is 5.02. The number of ether oxygens (including phenoxy) is 1. The van der Waals surface area contributed by atoms with Gasteiger partial charge in [-0.25, -0.2) is 0 Å². The van der Waals surface area contributed by atoms with Crippen molar-refractivity contribution in [1.29, 1.82) is 0 Å². The zero-order valence-corrected chi connectivity index (χ0v) is 12.1. The van der Waals surface area contributed by atoms with Gasteiger partial charge in [0, 0.05) is 26.2 Å². The van der Waals surface area contributed by atoms with Gasteiger partial charge >= 0.3 is 0 Å². The van der Waals surface area contributed by atoms with E-state index in [1.807, 2.05) is 0 Å². The number of fused-ring (bicyclic) bond motifs is 2. The molecule has 3 heteroatoms. The molecule has 2 fully saturated rings. The molecule has 106 valence electrons. The molecule has 0 saturated heterocycles. The lowest BCUT2D eigenvalue weighted by molar-refractivity contribution is 0.198. The van der Waals surface area contributed by atoms with Crippen LogP contribution >= 0.6 is 0 Å². The van der Waals surface area contributed by atoms with E-state index >= 15 is 0 Å². The molecule has 2 aliphatic rings. The summed E-state index contributed by atoms with van der Waals surface area (Å²) in [6.07, 6.45) is 7.49. The molecule has 0 aromatic rings. The Morgan fingerprint density at radius 3 is 2.78 bits per heavy atom. The summed E-state index contributed by atoms with van der Waals surface area (Å²) in [4.78, 5) is 0. The van der Waals surface area contributed by atoms with E-state index in [0.29, 0.717) is 6.04 Å². The zero-order valence-electron chi connectivity index (χ0n) is 12.1. The Balaban J connectivity index is 1.47. The Morgan fingerprint density at radius 1 is 1.22 bits per heavy atom. The second-order valence-corrected chi connectivity index (χ2v) is 6.28. The summed E-state index contributed by atoms with van der Waals surface area (Å²) in [6.45, 7) is 6.26. The lowest BCUT2D eigenvalue weighted by Crippen LogP contribution is -2.38. The first-order valence-electron chi connectivity index (χ1n) is 7.72. The van der Waals surface area contributed by atoms with Crippen LogP contribution in [0.2, 0.25) is 0 Å². The summed E-state index contributed by atoms with van der Waals surface area (Å²) in [6, 6.07) is 0.570. The van der Waals surface area contributed by atoms with Gasteiger partial charge in [0.1, 0.15) is 0 Å². The fraction of sp³-hybridized carbons (Fsp3) is 1.00. The molecule has 0 aliphatic heterocycles. The van der Waals surface area contributed by atoms with E-state index in [1.165, 1.54) is 32.2 Å². The molecule has 0 aromatic heterocycles. The molecule has 0 spiro atoms. The minimum Gasteiger partial charge on any atom is -0.383 e. The molecular weight excluding hydrogens is 224 g/mol. The largest absolute Gasteiger partial charge is 0.383 e. The Morgan fingerprint density at radius 2 is 2.11 bits per heavy atom. The summed E-state index contributed by atoms with van der Waals surface area (Å²) in [7, 11) is 1.75. The first-order valence-corrected chi connectivity index (χ1v) is 7.72. The smallest absolute Gasteiger partial charge is 0.0587 e. The van der Waals surface area contributed by atoms with Gasteiger partial charge in [0.25, 0.3) is 0 Å². The van der Waals surface area contributed by atoms with E-state index in [9.17, 15) is 0 Å². The molecule has 0 aromatic carbocycles. The van der Waals surface area contributed by atoms with Gasteiger partial charge in [-0.05, 0) is 56.9 Å². The van der Waals surface area contributed by atoms with E-state index in [2.05, 4.69) is 17.6 Å². The van der Waals surface area contributed by atoms with E-state index in [4.69, 9.17) is 4.74 Å². The number of rotatable bonds is 9. The van der Waals surface area contributed by atoms with Crippen molar-refractivity contribution in [3.8, 4) is 0 Å². The lowest BCUT2D eigenvalue weighted by atomic mass is 9.86. The third kappa shape index (κ3) is 4.22. The molecule has 18 heavy (non-hydrogen) atoms. The van der Waals surface area contributed by atoms with Gasteiger partial charge in [0.05, 0.1) is 6.61 Å². The summed E-state index contributed by atoms with van der Waals surface area (Å²) in [5.41, 5.74) is 0. The van der Waals surface area contributed by atoms with Crippen LogP contribution < -0.4 is 10.6 Å². The van der Waals surface area contributed by atoms with E-state index < -0.39 is 0 Å². The quantitative estimate of drug-likeness (QED) is 0.618. The van der Waals surface area contributed by atoms with Gasteiger partial charge in [-0.2, -0.15) is 0 Å². The van der Waals surface area contributed by atoms with Crippen molar-refractivity contribution in [3.05, 3.63) is 0 Å². The highest BCUT2D eigenvalue weighted by Gasteiger charge is 2.38. The molecule has 0 amide bonds. The van der Waals surface area contributed by atoms with Crippen LogP contribution in [0.15, 0.2) is 0 Å². The zero-order chi connectivity index (χ0) is 12.8. The molecule has 4 atom stereocenters. The fourth-order valence-electron chi connectivity index (χ4n) is 3.81. The van der Waals surface area contributed by atoms with Crippen LogP contribution in [0.5, 0.6) is 0 Å². The van der Waals surface area contributed by atoms with Crippen LogP contribution in [0.3, 0.4) is 0 Å². The minimum absolute atomic E-state index is 0.570. The second-order valence-electron chi connectivity index (χ2n) is 6.28. The second kappa shape index (κ2) is 7.46. The van der Waals surface area contributed by atoms with Crippen LogP contribution in [-0.2, 0) is 4.74 Å². The number of nitrogens with one attached hydrogen (secondary N) is 2. The molecular formula is C15H30N2O. The van der Waals surface area contributed by atoms with Crippen LogP contribution in [0.25, 0.3) is 0 Å². The fourth-order valence-corrected chi connectivity index (χ4v) is 3.81. The van der Waals surface area contributed by atoms with Gasteiger partial charge in [0.15, 0.2) is 0 Å². The topological polar surface area (TPSA) is 33.3 Å². The Hall–Kier alpha value is -0.120. The monoisotopic (exact) mass is 254 g/mol. The van der Waals surface area contributed by atoms with Gasteiger partial charge in [-0.3, -0.25) is 0 Å². The van der Waals surface area contributed by atoms with Crippen molar-refractivity contribution in [2.24, 2.45) is 17.8 Å². The number of hydrogen-bond acceptors (Lipinski definition) is 3. The number of hydrogen-bond donors (Lipinski definition) is 2. The molecule has 2 bridgehead atoms. The molecule has 2 rings (SSSR count). The molecule has 2 N–H and O–H groups in total. The van der Waals surface area contributed by atoms with Gasteiger partial charge in [-0.1, -0.05) is 6.42 Å². The van der Waals surface area contributed by atoms with Gasteiger partial charge in [-0.15, -0.1) is 0 Å². The average molecular weight is 254 g/mol. The van der Waals surface area contributed by atoms with Crippen molar-refractivity contribution < 1.29 is 4.74 Å². The first kappa shape index (κ1) is 14.3. The highest BCUT2D eigenvalue weighted by atomic mass is 16.5. The van der Waals surface area contributed by atoms with Crippen LogP contribution in [-0.4, -0.2) is 39.4 Å². The average Bonchev–Trinajstić information content (AvgIpc) is 2.97. The summed E-state index contributed by atoms with van der Waals surface area (Å²) in [5, 5.41) is 7.05. The SMILES string of the molecule is COCCNCC(C)NCCC1CC2CCC1C2.